The first kappa shape index (κ1) is 13.9. The molecule has 0 aromatic carbocycles. The van der Waals surface area contributed by atoms with Crippen molar-refractivity contribution < 1.29 is 8.78 Å². The van der Waals surface area contributed by atoms with Gasteiger partial charge in [-0.25, -0.2) is 8.78 Å². The maximum Gasteiger partial charge on any atom is 0.248 e. The van der Waals surface area contributed by atoms with E-state index in [1.165, 1.54) is 0 Å². The zero-order valence-corrected chi connectivity index (χ0v) is 12.3. The Hall–Kier alpha value is -0.520. The van der Waals surface area contributed by atoms with Crippen molar-refractivity contribution in [1.29, 1.82) is 0 Å². The van der Waals surface area contributed by atoms with E-state index in [9.17, 15) is 8.78 Å². The molecule has 1 heterocycles. The molecule has 1 unspecified atom stereocenters. The van der Waals surface area contributed by atoms with Crippen molar-refractivity contribution >= 4 is 15.9 Å². The van der Waals surface area contributed by atoms with E-state index in [1.807, 2.05) is 18.4 Å². The first-order chi connectivity index (χ1) is 8.44. The molecule has 0 radical (unpaired) electrons. The predicted molar refractivity (Wildman–Crippen MR) is 69.2 cm³/mol. The molecule has 6 heteroatoms. The minimum Gasteiger partial charge on any atom is -0.311 e. The third-order valence-electron chi connectivity index (χ3n) is 3.43. The highest BCUT2D eigenvalue weighted by molar-refractivity contribution is 9.08. The Labute approximate surface area is 114 Å². The van der Waals surface area contributed by atoms with Crippen LogP contribution in [0.15, 0.2) is 0 Å². The van der Waals surface area contributed by atoms with Gasteiger partial charge < -0.3 is 4.57 Å². The molecule has 1 fully saturated rings. The summed E-state index contributed by atoms with van der Waals surface area (Å²) in [5.74, 6) is -1.19. The molecule has 2 rings (SSSR count). The Bertz CT molecular complexity index is 417. The molecule has 1 aromatic rings. The molecule has 1 aliphatic rings. The number of halogens is 3. The quantitative estimate of drug-likeness (QED) is 0.786. The van der Waals surface area contributed by atoms with Crippen molar-refractivity contribution in [2.75, 3.05) is 0 Å². The molecular weight excluding hydrogens is 304 g/mol. The van der Waals surface area contributed by atoms with Crippen LogP contribution >= 0.6 is 15.9 Å². The normalized spacial score (nSPS) is 23.6. The summed E-state index contributed by atoms with van der Waals surface area (Å²) in [6.45, 7) is 4.06. The summed E-state index contributed by atoms with van der Waals surface area (Å²) in [7, 11) is 0. The maximum absolute atomic E-state index is 13.5. The Balaban J connectivity index is 2.30. The first-order valence-electron chi connectivity index (χ1n) is 6.32. The van der Waals surface area contributed by atoms with Crippen molar-refractivity contribution in [3.8, 4) is 0 Å². The molecule has 0 amide bonds. The SMILES string of the molecule is CC(C)n1c(CBr)nnc1C1CCCC(F)(F)C1. The minimum atomic E-state index is -2.55. The smallest absolute Gasteiger partial charge is 0.248 e. The van der Waals surface area contributed by atoms with Crippen molar-refractivity contribution in [3.63, 3.8) is 0 Å². The highest BCUT2D eigenvalue weighted by atomic mass is 79.9. The summed E-state index contributed by atoms with van der Waals surface area (Å²) in [6, 6.07) is 0.193. The van der Waals surface area contributed by atoms with Gasteiger partial charge in [-0.15, -0.1) is 10.2 Å². The molecular formula is C12H18BrF2N3. The Morgan fingerprint density at radius 3 is 2.72 bits per heavy atom. The zero-order valence-electron chi connectivity index (χ0n) is 10.7. The third kappa shape index (κ3) is 2.73. The fraction of sp³-hybridized carbons (Fsp3) is 0.833. The molecule has 1 saturated carbocycles. The van der Waals surface area contributed by atoms with Gasteiger partial charge in [-0.3, -0.25) is 0 Å². The second-order valence-corrected chi connectivity index (χ2v) is 5.78. The molecule has 3 nitrogen and oxygen atoms in total. The van der Waals surface area contributed by atoms with Gasteiger partial charge >= 0.3 is 0 Å². The highest BCUT2D eigenvalue weighted by Crippen LogP contribution is 2.41. The largest absolute Gasteiger partial charge is 0.311 e. The Kier molecular flexibility index (Phi) is 4.04. The van der Waals surface area contributed by atoms with Gasteiger partial charge in [0.25, 0.3) is 0 Å². The second-order valence-electron chi connectivity index (χ2n) is 5.22. The summed E-state index contributed by atoms with van der Waals surface area (Å²) in [5, 5.41) is 8.85. The summed E-state index contributed by atoms with van der Waals surface area (Å²) in [4.78, 5) is 0. The van der Waals surface area contributed by atoms with Gasteiger partial charge in [0.05, 0.1) is 5.33 Å². The van der Waals surface area contributed by atoms with Crippen LogP contribution in [0.25, 0.3) is 0 Å². The standard InChI is InChI=1S/C12H18BrF2N3/c1-8(2)18-10(7-13)16-17-11(18)9-4-3-5-12(14,15)6-9/h8-9H,3-7H2,1-2H3. The van der Waals surface area contributed by atoms with Crippen LogP contribution in [0.2, 0.25) is 0 Å². The molecule has 0 aliphatic heterocycles. The van der Waals surface area contributed by atoms with E-state index in [2.05, 4.69) is 26.1 Å². The lowest BCUT2D eigenvalue weighted by Crippen LogP contribution is -2.27. The fourth-order valence-electron chi connectivity index (χ4n) is 2.66. The van der Waals surface area contributed by atoms with Crippen molar-refractivity contribution in [1.82, 2.24) is 14.8 Å². The van der Waals surface area contributed by atoms with Crippen LogP contribution in [0.3, 0.4) is 0 Å². The van der Waals surface area contributed by atoms with E-state index in [0.717, 1.165) is 18.1 Å². The first-order valence-corrected chi connectivity index (χ1v) is 7.44. The van der Waals surface area contributed by atoms with Gasteiger partial charge in [0.2, 0.25) is 5.92 Å². The van der Waals surface area contributed by atoms with Crippen LogP contribution < -0.4 is 0 Å². The van der Waals surface area contributed by atoms with Gasteiger partial charge in [-0.1, -0.05) is 15.9 Å². The van der Waals surface area contributed by atoms with Crippen LogP contribution in [0.5, 0.6) is 0 Å². The number of hydrogen-bond donors (Lipinski definition) is 0. The average molecular weight is 322 g/mol. The maximum atomic E-state index is 13.5. The van der Waals surface area contributed by atoms with Crippen LogP contribution in [-0.2, 0) is 5.33 Å². The highest BCUT2D eigenvalue weighted by Gasteiger charge is 2.39. The van der Waals surface area contributed by atoms with E-state index >= 15 is 0 Å². The van der Waals surface area contributed by atoms with E-state index in [-0.39, 0.29) is 24.8 Å². The second kappa shape index (κ2) is 5.23. The van der Waals surface area contributed by atoms with Crippen molar-refractivity contribution in [2.45, 2.75) is 62.7 Å². The van der Waals surface area contributed by atoms with E-state index in [4.69, 9.17) is 0 Å². The van der Waals surface area contributed by atoms with Crippen LogP contribution in [0.1, 0.15) is 63.1 Å². The molecule has 0 bridgehead atoms. The molecule has 0 spiro atoms. The molecule has 1 aromatic heterocycles. The molecule has 0 saturated heterocycles. The van der Waals surface area contributed by atoms with E-state index in [1.54, 1.807) is 0 Å². The molecule has 102 valence electrons. The lowest BCUT2D eigenvalue weighted by Gasteiger charge is -2.29. The summed E-state index contributed by atoms with van der Waals surface area (Å²) in [5.41, 5.74) is 0. The summed E-state index contributed by atoms with van der Waals surface area (Å²) >= 11 is 3.36. The Morgan fingerprint density at radius 1 is 1.44 bits per heavy atom. The van der Waals surface area contributed by atoms with Gasteiger partial charge in [0.15, 0.2) is 0 Å². The fourth-order valence-corrected chi connectivity index (χ4v) is 3.04. The Morgan fingerprint density at radius 2 is 2.17 bits per heavy atom. The lowest BCUT2D eigenvalue weighted by atomic mass is 9.86. The van der Waals surface area contributed by atoms with Gasteiger partial charge in [-0.05, 0) is 26.7 Å². The lowest BCUT2D eigenvalue weighted by molar-refractivity contribution is -0.0421. The average Bonchev–Trinajstić information content (AvgIpc) is 2.71. The predicted octanol–water partition coefficient (Wildman–Crippen LogP) is 4.05. The number of hydrogen-bond acceptors (Lipinski definition) is 2. The van der Waals surface area contributed by atoms with Gasteiger partial charge in [0, 0.05) is 24.8 Å². The topological polar surface area (TPSA) is 30.7 Å². The minimum absolute atomic E-state index is 0.00458. The number of nitrogens with zero attached hydrogens (tertiary/aromatic N) is 3. The summed E-state index contributed by atoms with van der Waals surface area (Å²) < 4.78 is 29.0. The van der Waals surface area contributed by atoms with Gasteiger partial charge in [0.1, 0.15) is 11.6 Å². The molecule has 1 aliphatic carbocycles. The molecule has 1 atom stereocenters. The van der Waals surface area contributed by atoms with E-state index in [0.29, 0.717) is 11.8 Å². The molecule has 18 heavy (non-hydrogen) atoms. The number of alkyl halides is 3. The number of rotatable bonds is 3. The van der Waals surface area contributed by atoms with Crippen LogP contribution in [0.4, 0.5) is 8.78 Å². The van der Waals surface area contributed by atoms with Gasteiger partial charge in [-0.2, -0.15) is 0 Å². The van der Waals surface area contributed by atoms with Crippen LogP contribution in [0, 0.1) is 0 Å². The summed E-state index contributed by atoms with van der Waals surface area (Å²) in [6.07, 6.45) is 1.25. The monoisotopic (exact) mass is 321 g/mol. The van der Waals surface area contributed by atoms with Crippen molar-refractivity contribution in [3.05, 3.63) is 11.6 Å². The number of aromatic nitrogens is 3. The van der Waals surface area contributed by atoms with Crippen molar-refractivity contribution in [2.24, 2.45) is 0 Å². The van der Waals surface area contributed by atoms with E-state index < -0.39 is 5.92 Å². The van der Waals surface area contributed by atoms with Crippen LogP contribution in [-0.4, -0.2) is 20.7 Å². The third-order valence-corrected chi connectivity index (χ3v) is 3.94. The molecule has 0 N–H and O–H groups in total. The zero-order chi connectivity index (χ0) is 13.3.